The largest absolute Gasteiger partial charge is 0.490 e. The van der Waals surface area contributed by atoms with Gasteiger partial charge in [-0.15, -0.1) is 6.42 Å². The third kappa shape index (κ3) is 4.56. The number of thioether (sulfide) groups is 1. The van der Waals surface area contributed by atoms with E-state index in [1.807, 2.05) is 55.5 Å². The maximum atomic E-state index is 12.6. The molecule has 3 rings (SSSR count). The van der Waals surface area contributed by atoms with E-state index >= 15 is 0 Å². The van der Waals surface area contributed by atoms with E-state index in [1.165, 1.54) is 11.8 Å². The first-order valence-corrected chi connectivity index (χ1v) is 9.58. The van der Waals surface area contributed by atoms with Crippen molar-refractivity contribution in [1.82, 2.24) is 4.90 Å². The number of ether oxygens (including phenoxy) is 2. The number of rotatable bonds is 6. The summed E-state index contributed by atoms with van der Waals surface area (Å²) in [5.41, 5.74) is 1.64. The minimum absolute atomic E-state index is 0.0923. The van der Waals surface area contributed by atoms with Gasteiger partial charge in [0, 0.05) is 7.05 Å². The van der Waals surface area contributed by atoms with Crippen LogP contribution in [-0.2, 0) is 4.79 Å². The van der Waals surface area contributed by atoms with Crippen LogP contribution in [0.25, 0.3) is 6.08 Å². The number of terminal acetylenes is 1. The summed E-state index contributed by atoms with van der Waals surface area (Å²) in [7, 11) is 1.72. The lowest BCUT2D eigenvalue weighted by Crippen LogP contribution is -2.23. The lowest BCUT2D eigenvalue weighted by atomic mass is 10.2. The first kappa shape index (κ1) is 19.6. The van der Waals surface area contributed by atoms with Crippen LogP contribution >= 0.6 is 11.8 Å². The fraction of sp³-hybridized carbons (Fsp3) is 0.182. The van der Waals surface area contributed by atoms with E-state index in [-0.39, 0.29) is 12.5 Å². The Hall–Kier alpha value is -3.17. The fourth-order valence-electron chi connectivity index (χ4n) is 2.54. The van der Waals surface area contributed by atoms with E-state index in [2.05, 4.69) is 10.9 Å². The van der Waals surface area contributed by atoms with Crippen molar-refractivity contribution in [1.29, 1.82) is 0 Å². The molecule has 1 aliphatic rings. The third-order valence-electron chi connectivity index (χ3n) is 3.86. The van der Waals surface area contributed by atoms with E-state index in [1.54, 1.807) is 18.0 Å². The maximum absolute atomic E-state index is 12.6. The van der Waals surface area contributed by atoms with Gasteiger partial charge >= 0.3 is 0 Å². The van der Waals surface area contributed by atoms with Crippen LogP contribution in [0.2, 0.25) is 0 Å². The number of carbonyl (C=O) groups is 1. The number of likely N-dealkylation sites (N-methyl/N-ethyl adjacent to an activating group) is 1. The number of hydrogen-bond acceptors (Lipinski definition) is 5. The van der Waals surface area contributed by atoms with E-state index in [0.29, 0.717) is 28.2 Å². The number of amides is 1. The Kier molecular flexibility index (Phi) is 6.41. The molecule has 0 bridgehead atoms. The van der Waals surface area contributed by atoms with E-state index in [9.17, 15) is 4.79 Å². The van der Waals surface area contributed by atoms with Gasteiger partial charge < -0.3 is 9.47 Å². The highest BCUT2D eigenvalue weighted by Gasteiger charge is 2.30. The van der Waals surface area contributed by atoms with Crippen LogP contribution in [0.1, 0.15) is 12.5 Å². The highest BCUT2D eigenvalue weighted by molar-refractivity contribution is 8.18. The maximum Gasteiger partial charge on any atom is 0.266 e. The van der Waals surface area contributed by atoms with Crippen molar-refractivity contribution in [2.75, 3.05) is 20.3 Å². The van der Waals surface area contributed by atoms with Gasteiger partial charge in [-0.2, -0.15) is 0 Å². The average Bonchev–Trinajstić information content (AvgIpc) is 2.96. The Labute approximate surface area is 169 Å². The molecule has 1 saturated heterocycles. The summed E-state index contributed by atoms with van der Waals surface area (Å²) in [6, 6.07) is 15.0. The van der Waals surface area contributed by atoms with Gasteiger partial charge in [0.2, 0.25) is 0 Å². The normalized spacial score (nSPS) is 16.5. The van der Waals surface area contributed by atoms with Crippen molar-refractivity contribution in [3.8, 4) is 23.8 Å². The van der Waals surface area contributed by atoms with Crippen molar-refractivity contribution in [3.63, 3.8) is 0 Å². The zero-order valence-electron chi connectivity index (χ0n) is 15.7. The SMILES string of the molecule is C#CCOc1ccc(/C=C2/SC(=Nc3ccccc3)N(C)C2=O)cc1OCC. The Morgan fingerprint density at radius 2 is 1.96 bits per heavy atom. The van der Waals surface area contributed by atoms with Gasteiger partial charge in [-0.1, -0.05) is 30.2 Å². The molecule has 0 spiro atoms. The van der Waals surface area contributed by atoms with Crippen molar-refractivity contribution >= 4 is 34.6 Å². The summed E-state index contributed by atoms with van der Waals surface area (Å²) >= 11 is 1.34. The molecule has 0 unspecified atom stereocenters. The number of nitrogens with zero attached hydrogens (tertiary/aromatic N) is 2. The predicted octanol–water partition coefficient (Wildman–Crippen LogP) is 4.33. The van der Waals surface area contributed by atoms with Crippen LogP contribution in [0, 0.1) is 12.3 Å². The second-order valence-electron chi connectivity index (χ2n) is 5.84. The van der Waals surface area contributed by atoms with E-state index in [4.69, 9.17) is 15.9 Å². The van der Waals surface area contributed by atoms with Gasteiger partial charge in [-0.05, 0) is 54.6 Å². The molecule has 142 valence electrons. The molecule has 5 nitrogen and oxygen atoms in total. The first-order chi connectivity index (χ1) is 13.6. The van der Waals surface area contributed by atoms with Gasteiger partial charge in [0.05, 0.1) is 17.2 Å². The van der Waals surface area contributed by atoms with Gasteiger partial charge in [-0.25, -0.2) is 4.99 Å². The summed E-state index contributed by atoms with van der Waals surface area (Å²) in [6.07, 6.45) is 7.08. The Bertz CT molecular complexity index is 961. The monoisotopic (exact) mass is 392 g/mol. The molecule has 1 fully saturated rings. The van der Waals surface area contributed by atoms with Crippen molar-refractivity contribution < 1.29 is 14.3 Å². The Balaban J connectivity index is 1.86. The number of carbonyl (C=O) groups excluding carboxylic acids is 1. The standard InChI is InChI=1S/C22H20N2O3S/c1-4-13-27-18-12-11-16(14-19(18)26-5-2)15-20-21(25)24(3)22(28-20)23-17-9-7-6-8-10-17/h1,6-12,14-15H,5,13H2,2-3H3/b20-15+,23-22?. The molecule has 0 N–H and O–H groups in total. The van der Waals surface area contributed by atoms with E-state index < -0.39 is 0 Å². The smallest absolute Gasteiger partial charge is 0.266 e. The molecule has 0 saturated carbocycles. The molecule has 6 heteroatoms. The first-order valence-electron chi connectivity index (χ1n) is 8.77. The number of hydrogen-bond donors (Lipinski definition) is 0. The molecule has 0 atom stereocenters. The molecule has 28 heavy (non-hydrogen) atoms. The van der Waals surface area contributed by atoms with Crippen molar-refractivity contribution in [2.24, 2.45) is 4.99 Å². The lowest BCUT2D eigenvalue weighted by molar-refractivity contribution is -0.121. The topological polar surface area (TPSA) is 51.1 Å². The zero-order valence-corrected chi connectivity index (χ0v) is 16.5. The van der Waals surface area contributed by atoms with Crippen LogP contribution in [0.5, 0.6) is 11.5 Å². The summed E-state index contributed by atoms with van der Waals surface area (Å²) in [4.78, 5) is 19.3. The van der Waals surface area contributed by atoms with Crippen LogP contribution in [0.3, 0.4) is 0 Å². The molecular formula is C22H20N2O3S. The molecule has 1 amide bonds. The fourth-order valence-corrected chi connectivity index (χ4v) is 3.52. The number of aliphatic imine (C=N–C) groups is 1. The number of amidine groups is 1. The minimum atomic E-state index is -0.0923. The van der Waals surface area contributed by atoms with Crippen LogP contribution in [0.15, 0.2) is 58.4 Å². The Morgan fingerprint density at radius 3 is 2.68 bits per heavy atom. The second kappa shape index (κ2) is 9.16. The van der Waals surface area contributed by atoms with Gasteiger partial charge in [0.15, 0.2) is 16.7 Å². The summed E-state index contributed by atoms with van der Waals surface area (Å²) in [5, 5.41) is 0.640. The van der Waals surface area contributed by atoms with Gasteiger partial charge in [-0.3, -0.25) is 9.69 Å². The van der Waals surface area contributed by atoms with Crippen molar-refractivity contribution in [3.05, 3.63) is 59.0 Å². The van der Waals surface area contributed by atoms with Gasteiger partial charge in [0.25, 0.3) is 5.91 Å². The Morgan fingerprint density at radius 1 is 1.18 bits per heavy atom. The number of benzene rings is 2. The van der Waals surface area contributed by atoms with Crippen molar-refractivity contribution in [2.45, 2.75) is 6.92 Å². The molecule has 0 aromatic heterocycles. The molecular weight excluding hydrogens is 372 g/mol. The van der Waals surface area contributed by atoms with Crippen LogP contribution < -0.4 is 9.47 Å². The quantitative estimate of drug-likeness (QED) is 0.542. The molecule has 2 aromatic rings. The average molecular weight is 392 g/mol. The van der Waals surface area contributed by atoms with Crippen LogP contribution in [-0.4, -0.2) is 36.2 Å². The third-order valence-corrected chi connectivity index (χ3v) is 4.92. The lowest BCUT2D eigenvalue weighted by Gasteiger charge is -2.11. The minimum Gasteiger partial charge on any atom is -0.490 e. The highest BCUT2D eigenvalue weighted by atomic mass is 32.2. The molecule has 1 aliphatic heterocycles. The molecule has 0 aliphatic carbocycles. The van der Waals surface area contributed by atoms with E-state index in [0.717, 1.165) is 11.3 Å². The number of para-hydroxylation sites is 1. The molecule has 0 radical (unpaired) electrons. The van der Waals surface area contributed by atoms with Crippen LogP contribution in [0.4, 0.5) is 5.69 Å². The molecule has 1 heterocycles. The predicted molar refractivity (Wildman–Crippen MR) is 114 cm³/mol. The zero-order chi connectivity index (χ0) is 19.9. The summed E-state index contributed by atoms with van der Waals surface area (Å²) in [5.74, 6) is 3.52. The second-order valence-corrected chi connectivity index (χ2v) is 6.85. The summed E-state index contributed by atoms with van der Waals surface area (Å²) < 4.78 is 11.1. The summed E-state index contributed by atoms with van der Waals surface area (Å²) in [6.45, 7) is 2.56. The van der Waals surface area contributed by atoms with Gasteiger partial charge in [0.1, 0.15) is 6.61 Å². The molecule has 2 aromatic carbocycles. The highest BCUT2D eigenvalue weighted by Crippen LogP contribution is 2.35.